The van der Waals surface area contributed by atoms with Crippen LogP contribution in [-0.4, -0.2) is 59.2 Å². The van der Waals surface area contributed by atoms with Gasteiger partial charge in [0.25, 0.3) is 0 Å². The highest BCUT2D eigenvalue weighted by Gasteiger charge is 2.19. The van der Waals surface area contributed by atoms with Gasteiger partial charge in [-0.3, -0.25) is 9.69 Å². The zero-order valence-electron chi connectivity index (χ0n) is 15.5. The fourth-order valence-corrected chi connectivity index (χ4v) is 3.35. The van der Waals surface area contributed by atoms with Crippen molar-refractivity contribution in [2.45, 2.75) is 36.9 Å². The van der Waals surface area contributed by atoms with Gasteiger partial charge in [0, 0.05) is 31.6 Å². The Balaban J connectivity index is 1.83. The van der Waals surface area contributed by atoms with Gasteiger partial charge in [-0.25, -0.2) is 4.79 Å². The van der Waals surface area contributed by atoms with E-state index in [1.807, 2.05) is 0 Å². The van der Waals surface area contributed by atoms with E-state index in [0.29, 0.717) is 30.9 Å². The molecule has 0 N–H and O–H groups in total. The Kier molecular flexibility index (Phi) is 7.85. The van der Waals surface area contributed by atoms with Gasteiger partial charge < -0.3 is 14.2 Å². The third-order valence-electron chi connectivity index (χ3n) is 3.70. The van der Waals surface area contributed by atoms with Crippen molar-refractivity contribution >= 4 is 34.3 Å². The number of esters is 1. The molecular weight excluding hydrogens is 449 g/mol. The molecule has 0 saturated carbocycles. The zero-order chi connectivity index (χ0) is 19.2. The van der Waals surface area contributed by atoms with Crippen LogP contribution in [-0.2, 0) is 14.3 Å². The average Bonchev–Trinajstić information content (AvgIpc) is 2.57. The summed E-state index contributed by atoms with van der Waals surface area (Å²) in [7, 11) is 0. The van der Waals surface area contributed by atoms with Gasteiger partial charge in [0.1, 0.15) is 15.5 Å². The number of nitrogens with zero attached hydrogens (tertiary/aromatic N) is 1. The Bertz CT molecular complexity index is 629. The molecule has 6 nitrogen and oxygen atoms in total. The third kappa shape index (κ3) is 7.59. The van der Waals surface area contributed by atoms with Gasteiger partial charge in [0.05, 0.1) is 6.61 Å². The second kappa shape index (κ2) is 9.66. The Morgan fingerprint density at radius 3 is 2.81 bits per heavy atom. The van der Waals surface area contributed by atoms with Crippen LogP contribution >= 0.6 is 22.6 Å². The number of halogens is 1. The van der Waals surface area contributed by atoms with Gasteiger partial charge in [-0.05, 0) is 55.5 Å². The predicted octanol–water partition coefficient (Wildman–Crippen LogP) is 3.07. The van der Waals surface area contributed by atoms with E-state index in [2.05, 4.69) is 27.5 Å². The molecule has 2 rings (SSSR count). The van der Waals surface area contributed by atoms with Crippen molar-refractivity contribution in [3.05, 3.63) is 29.8 Å². The van der Waals surface area contributed by atoms with E-state index in [1.54, 1.807) is 45.0 Å². The van der Waals surface area contributed by atoms with E-state index in [0.717, 1.165) is 13.1 Å². The highest BCUT2D eigenvalue weighted by atomic mass is 127. The molecule has 0 bridgehead atoms. The molecule has 1 aliphatic rings. The number of ketones is 1. The van der Waals surface area contributed by atoms with Crippen LogP contribution in [0.15, 0.2) is 24.3 Å². The van der Waals surface area contributed by atoms with E-state index in [1.165, 1.54) is 0 Å². The fraction of sp³-hybridized carbons (Fsp3) is 0.579. The van der Waals surface area contributed by atoms with Gasteiger partial charge in [0.2, 0.25) is 0 Å². The quantitative estimate of drug-likeness (QED) is 0.262. The number of morpholine rings is 1. The summed E-state index contributed by atoms with van der Waals surface area (Å²) in [5.74, 6) is 0.111. The summed E-state index contributed by atoms with van der Waals surface area (Å²) in [5, 5.41) is 0. The molecule has 1 aliphatic heterocycles. The van der Waals surface area contributed by atoms with E-state index in [-0.39, 0.29) is 16.5 Å². The Labute approximate surface area is 168 Å². The topological polar surface area (TPSA) is 65.1 Å². The molecule has 0 aromatic heterocycles. The highest BCUT2D eigenvalue weighted by molar-refractivity contribution is 14.1. The number of hydrogen-bond donors (Lipinski definition) is 0. The van der Waals surface area contributed by atoms with Gasteiger partial charge in [0.15, 0.2) is 12.4 Å². The molecule has 1 aromatic rings. The average molecular weight is 475 g/mol. The van der Waals surface area contributed by atoms with Crippen LogP contribution in [0.4, 0.5) is 0 Å². The molecule has 26 heavy (non-hydrogen) atoms. The number of benzene rings is 1. The summed E-state index contributed by atoms with van der Waals surface area (Å²) < 4.78 is 16.3. The standard InChI is InChI=1S/C19H26INO5/c1-19(2,3)26-18(23)13-25-15-6-4-5-14(11-15)16(22)7-8-21-9-10-24-17(20)12-21/h4-6,11,17H,7-10,12-13H2,1-3H3. The third-order valence-corrected chi connectivity index (χ3v) is 4.45. The fourth-order valence-electron chi connectivity index (χ4n) is 2.54. The van der Waals surface area contributed by atoms with Gasteiger partial charge in [-0.15, -0.1) is 0 Å². The van der Waals surface area contributed by atoms with Gasteiger partial charge >= 0.3 is 5.97 Å². The molecule has 0 spiro atoms. The summed E-state index contributed by atoms with van der Waals surface area (Å²) >= 11 is 2.26. The summed E-state index contributed by atoms with van der Waals surface area (Å²) in [4.78, 5) is 26.4. The summed E-state index contributed by atoms with van der Waals surface area (Å²) in [6, 6.07) is 6.92. The van der Waals surface area contributed by atoms with Crippen molar-refractivity contribution in [2.24, 2.45) is 0 Å². The Morgan fingerprint density at radius 1 is 1.35 bits per heavy atom. The summed E-state index contributed by atoms with van der Waals surface area (Å²) in [6.45, 7) is 8.34. The van der Waals surface area contributed by atoms with Crippen molar-refractivity contribution < 1.29 is 23.8 Å². The van der Waals surface area contributed by atoms with Crippen molar-refractivity contribution in [2.75, 3.05) is 32.8 Å². The first-order valence-electron chi connectivity index (χ1n) is 8.69. The van der Waals surface area contributed by atoms with Crippen molar-refractivity contribution in [1.29, 1.82) is 0 Å². The molecule has 1 aromatic carbocycles. The van der Waals surface area contributed by atoms with Crippen LogP contribution in [0.5, 0.6) is 5.75 Å². The Morgan fingerprint density at radius 2 is 2.12 bits per heavy atom. The first-order valence-corrected chi connectivity index (χ1v) is 9.93. The van der Waals surface area contributed by atoms with Crippen LogP contribution in [0.3, 0.4) is 0 Å². The second-order valence-corrected chi connectivity index (χ2v) is 8.55. The smallest absolute Gasteiger partial charge is 0.344 e. The lowest BCUT2D eigenvalue weighted by Crippen LogP contribution is -2.40. The van der Waals surface area contributed by atoms with Gasteiger partial charge in [-0.1, -0.05) is 12.1 Å². The largest absolute Gasteiger partial charge is 0.482 e. The second-order valence-electron chi connectivity index (χ2n) is 7.16. The number of hydrogen-bond acceptors (Lipinski definition) is 6. The number of alkyl halides is 1. The minimum absolute atomic E-state index is 0.0595. The molecule has 7 heteroatoms. The molecule has 1 atom stereocenters. The molecule has 1 unspecified atom stereocenters. The lowest BCUT2D eigenvalue weighted by Gasteiger charge is -2.29. The van der Waals surface area contributed by atoms with E-state index >= 15 is 0 Å². The number of rotatable bonds is 7. The Hall–Kier alpha value is -1.19. The van der Waals surface area contributed by atoms with E-state index < -0.39 is 11.6 Å². The first-order chi connectivity index (χ1) is 12.2. The van der Waals surface area contributed by atoms with E-state index in [9.17, 15) is 9.59 Å². The molecular formula is C19H26INO5. The molecule has 144 valence electrons. The molecule has 0 radical (unpaired) electrons. The molecule has 0 amide bonds. The SMILES string of the molecule is CC(C)(C)OC(=O)COc1cccc(C(=O)CCN2CCOC(I)C2)c1. The zero-order valence-corrected chi connectivity index (χ0v) is 17.7. The minimum Gasteiger partial charge on any atom is -0.482 e. The van der Waals surface area contributed by atoms with Crippen LogP contribution in [0, 0.1) is 0 Å². The number of Topliss-reactive ketones (excluding diaryl/α,β-unsaturated/α-hetero) is 1. The maximum Gasteiger partial charge on any atom is 0.344 e. The van der Waals surface area contributed by atoms with Crippen LogP contribution in [0.2, 0.25) is 0 Å². The summed E-state index contributed by atoms with van der Waals surface area (Å²) in [6.07, 6.45) is 0.443. The molecule has 1 saturated heterocycles. The monoisotopic (exact) mass is 475 g/mol. The van der Waals surface area contributed by atoms with Crippen LogP contribution < -0.4 is 4.74 Å². The molecule has 1 fully saturated rings. The minimum atomic E-state index is -0.547. The molecule has 1 heterocycles. The van der Waals surface area contributed by atoms with Crippen LogP contribution in [0.1, 0.15) is 37.6 Å². The predicted molar refractivity (Wildman–Crippen MR) is 107 cm³/mol. The highest BCUT2D eigenvalue weighted by Crippen LogP contribution is 2.17. The van der Waals surface area contributed by atoms with Crippen LogP contribution in [0.25, 0.3) is 0 Å². The molecule has 0 aliphatic carbocycles. The summed E-state index contributed by atoms with van der Waals surface area (Å²) in [5.41, 5.74) is 0.0419. The first kappa shape index (κ1) is 21.1. The number of carbonyl (C=O) groups excluding carboxylic acids is 2. The number of ether oxygens (including phenoxy) is 3. The normalized spacial score (nSPS) is 18.4. The van der Waals surface area contributed by atoms with Crippen molar-refractivity contribution in [3.8, 4) is 5.75 Å². The lowest BCUT2D eigenvalue weighted by atomic mass is 10.1. The maximum absolute atomic E-state index is 12.4. The lowest BCUT2D eigenvalue weighted by molar-refractivity contribution is -0.157. The van der Waals surface area contributed by atoms with Crippen molar-refractivity contribution in [1.82, 2.24) is 4.90 Å². The number of carbonyl (C=O) groups is 2. The van der Waals surface area contributed by atoms with Gasteiger partial charge in [-0.2, -0.15) is 0 Å². The maximum atomic E-state index is 12.4. The van der Waals surface area contributed by atoms with E-state index in [4.69, 9.17) is 14.2 Å². The van der Waals surface area contributed by atoms with Crippen molar-refractivity contribution in [3.63, 3.8) is 0 Å².